The number of esters is 1. The second-order valence-corrected chi connectivity index (χ2v) is 5.93. The summed E-state index contributed by atoms with van der Waals surface area (Å²) in [6.45, 7) is -0.980. The van der Waals surface area contributed by atoms with Crippen molar-refractivity contribution < 1.29 is 28.7 Å². The molecule has 0 radical (unpaired) electrons. The maximum Gasteiger partial charge on any atom is 0.347 e. The van der Waals surface area contributed by atoms with Gasteiger partial charge in [0, 0.05) is 0 Å². The molecule has 2 rings (SSSR count). The number of primary amides is 1. The van der Waals surface area contributed by atoms with Crippen LogP contribution in [0.15, 0.2) is 40.9 Å². The van der Waals surface area contributed by atoms with Crippen LogP contribution in [0.2, 0.25) is 0 Å². The third-order valence-electron chi connectivity index (χ3n) is 3.12. The average molecular weight is 391 g/mol. The van der Waals surface area contributed by atoms with Crippen molar-refractivity contribution in [1.82, 2.24) is 0 Å². The van der Waals surface area contributed by atoms with E-state index in [1.807, 2.05) is 0 Å². The number of oxime groups is 1. The molecule has 1 aromatic carbocycles. The van der Waals surface area contributed by atoms with Gasteiger partial charge in [0.15, 0.2) is 6.61 Å². The molecule has 1 aromatic heterocycles. The lowest BCUT2D eigenvalue weighted by molar-refractivity contribution is -0.151. The molecule has 27 heavy (non-hydrogen) atoms. The van der Waals surface area contributed by atoms with E-state index in [1.54, 1.807) is 36.8 Å². The predicted octanol–water partition coefficient (Wildman–Crippen LogP) is 1.39. The molecular formula is C17H17N3O6S. The van der Waals surface area contributed by atoms with E-state index in [9.17, 15) is 14.4 Å². The number of ether oxygens (including phenoxy) is 2. The Labute approximate surface area is 158 Å². The third kappa shape index (κ3) is 6.44. The van der Waals surface area contributed by atoms with Crippen LogP contribution in [0.1, 0.15) is 15.9 Å². The van der Waals surface area contributed by atoms with Crippen LogP contribution in [0, 0.1) is 0 Å². The summed E-state index contributed by atoms with van der Waals surface area (Å²) < 4.78 is 9.79. The minimum Gasteiger partial charge on any atom is -0.497 e. The molecule has 0 aliphatic rings. The smallest absolute Gasteiger partial charge is 0.347 e. The highest BCUT2D eigenvalue weighted by Crippen LogP contribution is 2.22. The topological polar surface area (TPSA) is 129 Å². The Hall–Kier alpha value is -3.40. The van der Waals surface area contributed by atoms with Gasteiger partial charge in [-0.2, -0.15) is 0 Å². The lowest BCUT2D eigenvalue weighted by Gasteiger charge is -2.05. The largest absolute Gasteiger partial charge is 0.497 e. The molecule has 0 saturated carbocycles. The molecule has 0 aliphatic heterocycles. The first-order chi connectivity index (χ1) is 13.0. The van der Waals surface area contributed by atoms with Crippen molar-refractivity contribution in [2.45, 2.75) is 0 Å². The molecule has 2 amide bonds. The third-order valence-corrected chi connectivity index (χ3v) is 3.95. The number of anilines is 1. The molecule has 1 heterocycles. The minimum absolute atomic E-state index is 0.191. The first-order valence-electron chi connectivity index (χ1n) is 7.61. The highest BCUT2D eigenvalue weighted by Gasteiger charge is 2.14. The monoisotopic (exact) mass is 391 g/mol. The summed E-state index contributed by atoms with van der Waals surface area (Å²) in [7, 11) is 1.56. The summed E-state index contributed by atoms with van der Waals surface area (Å²) in [6.07, 6.45) is 1.42. The van der Waals surface area contributed by atoms with E-state index < -0.39 is 31.0 Å². The Morgan fingerprint density at radius 3 is 2.59 bits per heavy atom. The van der Waals surface area contributed by atoms with Crippen LogP contribution < -0.4 is 15.8 Å². The molecule has 0 spiro atoms. The molecule has 10 heteroatoms. The number of rotatable bonds is 9. The van der Waals surface area contributed by atoms with Gasteiger partial charge in [-0.05, 0) is 41.3 Å². The highest BCUT2D eigenvalue weighted by atomic mass is 32.1. The van der Waals surface area contributed by atoms with Gasteiger partial charge in [-0.3, -0.25) is 9.59 Å². The number of hydrogen-bond acceptors (Lipinski definition) is 8. The zero-order chi connectivity index (χ0) is 19.6. The fraction of sp³-hybridized carbons (Fsp3) is 0.176. The normalized spacial score (nSPS) is 10.4. The van der Waals surface area contributed by atoms with E-state index in [1.165, 1.54) is 12.3 Å². The van der Waals surface area contributed by atoms with Gasteiger partial charge in [0.05, 0.1) is 18.9 Å². The Morgan fingerprint density at radius 1 is 1.19 bits per heavy atom. The number of carbonyl (C=O) groups excluding carboxylic acids is 3. The fourth-order valence-corrected chi connectivity index (χ4v) is 2.64. The molecular weight excluding hydrogens is 374 g/mol. The van der Waals surface area contributed by atoms with Crippen LogP contribution in [0.4, 0.5) is 5.00 Å². The second-order valence-electron chi connectivity index (χ2n) is 5.02. The van der Waals surface area contributed by atoms with Crippen molar-refractivity contribution >= 4 is 40.3 Å². The number of thiophene rings is 1. The van der Waals surface area contributed by atoms with Crippen molar-refractivity contribution in [3.05, 3.63) is 46.8 Å². The van der Waals surface area contributed by atoms with E-state index >= 15 is 0 Å². The van der Waals surface area contributed by atoms with Gasteiger partial charge in [-0.25, -0.2) is 4.79 Å². The first-order valence-corrected chi connectivity index (χ1v) is 8.49. The molecule has 0 bridgehead atoms. The van der Waals surface area contributed by atoms with Gasteiger partial charge >= 0.3 is 5.97 Å². The van der Waals surface area contributed by atoms with Crippen LogP contribution in [0.25, 0.3) is 0 Å². The number of carbonyl (C=O) groups is 3. The Balaban J connectivity index is 1.69. The SMILES string of the molecule is COc1ccc(/C=N\OCC(=O)OCC(=O)Nc2sccc2C(N)=O)cc1. The predicted molar refractivity (Wildman–Crippen MR) is 99.0 cm³/mol. The Bertz CT molecular complexity index is 831. The number of nitrogens with zero attached hydrogens (tertiary/aromatic N) is 1. The molecule has 0 atom stereocenters. The van der Waals surface area contributed by atoms with E-state index in [4.69, 9.17) is 20.0 Å². The van der Waals surface area contributed by atoms with Gasteiger partial charge in [0.25, 0.3) is 11.8 Å². The second kappa shape index (κ2) is 9.92. The quantitative estimate of drug-likeness (QED) is 0.377. The van der Waals surface area contributed by atoms with Crippen LogP contribution in [-0.4, -0.2) is 44.3 Å². The van der Waals surface area contributed by atoms with Crippen molar-refractivity contribution in [3.8, 4) is 5.75 Å². The van der Waals surface area contributed by atoms with E-state index in [0.29, 0.717) is 10.8 Å². The van der Waals surface area contributed by atoms with Crippen LogP contribution in [0.5, 0.6) is 5.75 Å². The van der Waals surface area contributed by atoms with Gasteiger partial charge in [-0.15, -0.1) is 11.3 Å². The number of nitrogens with two attached hydrogens (primary N) is 1. The van der Waals surface area contributed by atoms with Crippen molar-refractivity contribution in [2.24, 2.45) is 10.9 Å². The van der Waals surface area contributed by atoms with Crippen LogP contribution >= 0.6 is 11.3 Å². The number of benzene rings is 1. The molecule has 0 aliphatic carbocycles. The molecule has 0 saturated heterocycles. The number of methoxy groups -OCH3 is 1. The summed E-state index contributed by atoms with van der Waals surface area (Å²) in [5.41, 5.74) is 6.12. The highest BCUT2D eigenvalue weighted by molar-refractivity contribution is 7.14. The zero-order valence-corrected chi connectivity index (χ0v) is 15.2. The number of hydrogen-bond donors (Lipinski definition) is 2. The lowest BCUT2D eigenvalue weighted by Crippen LogP contribution is -2.23. The standard InChI is InChI=1S/C17H17N3O6S/c1-24-12-4-2-11(3-5-12)8-19-26-10-15(22)25-9-14(21)20-17-13(16(18)23)6-7-27-17/h2-8H,9-10H2,1H3,(H2,18,23)(H,20,21)/b19-8-. The Morgan fingerprint density at radius 2 is 1.93 bits per heavy atom. The maximum absolute atomic E-state index is 11.7. The van der Waals surface area contributed by atoms with Gasteiger partial charge in [0.2, 0.25) is 6.61 Å². The van der Waals surface area contributed by atoms with E-state index in [2.05, 4.69) is 10.5 Å². The van der Waals surface area contributed by atoms with Gasteiger partial charge in [0.1, 0.15) is 10.8 Å². The van der Waals surface area contributed by atoms with Crippen LogP contribution in [0.3, 0.4) is 0 Å². The van der Waals surface area contributed by atoms with Crippen LogP contribution in [-0.2, 0) is 19.2 Å². The zero-order valence-electron chi connectivity index (χ0n) is 14.3. The van der Waals surface area contributed by atoms with Crippen molar-refractivity contribution in [3.63, 3.8) is 0 Å². The minimum atomic E-state index is -0.765. The van der Waals surface area contributed by atoms with Gasteiger partial charge in [-0.1, -0.05) is 5.16 Å². The molecule has 9 nitrogen and oxygen atoms in total. The van der Waals surface area contributed by atoms with Gasteiger partial charge < -0.3 is 25.4 Å². The Kier molecular flexibility index (Phi) is 7.32. The molecule has 0 unspecified atom stereocenters. The summed E-state index contributed by atoms with van der Waals surface area (Å²) in [4.78, 5) is 39.3. The molecule has 3 N–H and O–H groups in total. The summed E-state index contributed by atoms with van der Waals surface area (Å²) in [5, 5.41) is 7.99. The average Bonchev–Trinajstić information content (AvgIpc) is 3.12. The lowest BCUT2D eigenvalue weighted by atomic mass is 10.2. The van der Waals surface area contributed by atoms with Crippen molar-refractivity contribution in [2.75, 3.05) is 25.6 Å². The van der Waals surface area contributed by atoms with E-state index in [-0.39, 0.29) is 5.56 Å². The molecule has 2 aromatic rings. The number of amides is 2. The van der Waals surface area contributed by atoms with E-state index in [0.717, 1.165) is 16.9 Å². The summed E-state index contributed by atoms with van der Waals surface area (Å²) in [5.74, 6) is -1.32. The summed E-state index contributed by atoms with van der Waals surface area (Å²) in [6, 6.07) is 8.53. The number of nitrogens with one attached hydrogen (secondary N) is 1. The maximum atomic E-state index is 11.7. The summed E-state index contributed by atoms with van der Waals surface area (Å²) >= 11 is 1.13. The molecule has 142 valence electrons. The van der Waals surface area contributed by atoms with Crippen molar-refractivity contribution in [1.29, 1.82) is 0 Å². The fourth-order valence-electron chi connectivity index (χ4n) is 1.83. The molecule has 0 fully saturated rings. The first kappa shape index (κ1) is 19.9.